The maximum absolute atomic E-state index is 10.4. The molecule has 0 aromatic carbocycles. The highest BCUT2D eigenvalue weighted by Gasteiger charge is 2.44. The van der Waals surface area contributed by atoms with Gasteiger partial charge in [0, 0.05) is 6.04 Å². The van der Waals surface area contributed by atoms with Crippen molar-refractivity contribution in [3.05, 3.63) is 12.7 Å². The van der Waals surface area contributed by atoms with Crippen molar-refractivity contribution in [2.45, 2.75) is 49.8 Å². The number of ether oxygens (including phenoxy) is 1. The third-order valence-corrected chi connectivity index (χ3v) is 4.31. The number of nitrogens with two attached hydrogens (primary N) is 3. The van der Waals surface area contributed by atoms with E-state index >= 15 is 0 Å². The van der Waals surface area contributed by atoms with Gasteiger partial charge in [0.15, 0.2) is 17.7 Å². The van der Waals surface area contributed by atoms with Gasteiger partial charge >= 0.3 is 0 Å². The minimum atomic E-state index is -1.12. The molecule has 10 heteroatoms. The Morgan fingerprint density at radius 3 is 2.79 bits per heavy atom. The molecule has 0 amide bonds. The summed E-state index contributed by atoms with van der Waals surface area (Å²) in [6, 6.07) is -0.156. The first-order valence-corrected chi connectivity index (χ1v) is 7.93. The predicted octanol–water partition coefficient (Wildman–Crippen LogP) is -1.52. The van der Waals surface area contributed by atoms with Gasteiger partial charge in [0.2, 0.25) is 0 Å². The van der Waals surface area contributed by atoms with Crippen LogP contribution < -0.4 is 17.2 Å². The lowest BCUT2D eigenvalue weighted by molar-refractivity contribution is -0.0387. The van der Waals surface area contributed by atoms with E-state index in [1.54, 1.807) is 4.57 Å². The summed E-state index contributed by atoms with van der Waals surface area (Å²) >= 11 is 0. The molecule has 1 aliphatic rings. The van der Waals surface area contributed by atoms with Gasteiger partial charge in [-0.3, -0.25) is 4.57 Å². The largest absolute Gasteiger partial charge is 0.388 e. The van der Waals surface area contributed by atoms with Gasteiger partial charge in [-0.25, -0.2) is 15.0 Å². The van der Waals surface area contributed by atoms with Crippen molar-refractivity contribution in [2.75, 3.05) is 12.3 Å². The number of nitrogens with zero attached hydrogens (tertiary/aromatic N) is 4. The van der Waals surface area contributed by atoms with E-state index in [0.717, 1.165) is 12.8 Å². The van der Waals surface area contributed by atoms with Crippen LogP contribution in [0.25, 0.3) is 11.2 Å². The molecule has 0 spiro atoms. The molecule has 10 nitrogen and oxygen atoms in total. The maximum atomic E-state index is 10.4. The number of nitrogen functional groups attached to an aromatic ring is 1. The monoisotopic (exact) mass is 337 g/mol. The molecular weight excluding hydrogens is 314 g/mol. The van der Waals surface area contributed by atoms with Crippen LogP contribution in [-0.2, 0) is 4.74 Å². The van der Waals surface area contributed by atoms with Crippen molar-refractivity contribution >= 4 is 17.0 Å². The molecule has 2 aromatic rings. The van der Waals surface area contributed by atoms with Crippen LogP contribution in [0.4, 0.5) is 5.82 Å². The number of imidazole rings is 1. The summed E-state index contributed by atoms with van der Waals surface area (Å²) in [6.45, 7) is 0.565. The summed E-state index contributed by atoms with van der Waals surface area (Å²) in [6.07, 6.45) is 1.19. The smallest absolute Gasteiger partial charge is 0.167 e. The third-order valence-electron chi connectivity index (χ3n) is 4.31. The number of fused-ring (bicyclic) bond motifs is 1. The molecule has 2 aromatic heterocycles. The van der Waals surface area contributed by atoms with Gasteiger partial charge in [-0.1, -0.05) is 0 Å². The molecule has 3 heterocycles. The van der Waals surface area contributed by atoms with Crippen molar-refractivity contribution in [3.8, 4) is 0 Å². The third kappa shape index (κ3) is 3.06. The number of anilines is 1. The van der Waals surface area contributed by atoms with Crippen LogP contribution in [0.15, 0.2) is 12.7 Å². The fourth-order valence-electron chi connectivity index (χ4n) is 3.01. The van der Waals surface area contributed by atoms with Crippen molar-refractivity contribution in [3.63, 3.8) is 0 Å². The van der Waals surface area contributed by atoms with E-state index in [4.69, 9.17) is 21.9 Å². The van der Waals surface area contributed by atoms with Crippen molar-refractivity contribution < 1.29 is 14.9 Å². The minimum absolute atomic E-state index is 0.156. The summed E-state index contributed by atoms with van der Waals surface area (Å²) in [4.78, 5) is 12.2. The van der Waals surface area contributed by atoms with Crippen LogP contribution in [0.5, 0.6) is 0 Å². The quantitative estimate of drug-likeness (QED) is 0.420. The molecule has 0 saturated carbocycles. The molecule has 1 saturated heterocycles. The Morgan fingerprint density at radius 1 is 1.25 bits per heavy atom. The summed E-state index contributed by atoms with van der Waals surface area (Å²) < 4.78 is 7.39. The van der Waals surface area contributed by atoms with Crippen LogP contribution in [-0.4, -0.2) is 60.6 Å². The Kier molecular flexibility index (Phi) is 4.92. The molecule has 132 valence electrons. The van der Waals surface area contributed by atoms with Gasteiger partial charge in [-0.05, 0) is 25.8 Å². The van der Waals surface area contributed by atoms with Gasteiger partial charge < -0.3 is 32.2 Å². The van der Waals surface area contributed by atoms with Crippen molar-refractivity contribution in [1.29, 1.82) is 0 Å². The first-order valence-electron chi connectivity index (χ1n) is 7.93. The summed E-state index contributed by atoms with van der Waals surface area (Å²) in [5.74, 6) is 0.243. The van der Waals surface area contributed by atoms with E-state index in [-0.39, 0.29) is 11.9 Å². The zero-order valence-corrected chi connectivity index (χ0v) is 13.2. The molecule has 1 aliphatic heterocycles. The summed E-state index contributed by atoms with van der Waals surface area (Å²) in [7, 11) is 0. The number of aliphatic hydroxyl groups is 2. The Morgan fingerprint density at radius 2 is 2.04 bits per heavy atom. The van der Waals surface area contributed by atoms with Gasteiger partial charge in [0.25, 0.3) is 0 Å². The van der Waals surface area contributed by atoms with Crippen LogP contribution in [0.3, 0.4) is 0 Å². The van der Waals surface area contributed by atoms with Crippen molar-refractivity contribution in [2.24, 2.45) is 11.5 Å². The number of hydrogen-bond acceptors (Lipinski definition) is 9. The number of aliphatic hydroxyl groups excluding tert-OH is 2. The van der Waals surface area contributed by atoms with E-state index in [0.29, 0.717) is 24.1 Å². The highest BCUT2D eigenvalue weighted by atomic mass is 16.6. The molecule has 5 unspecified atom stereocenters. The van der Waals surface area contributed by atoms with Crippen LogP contribution in [0.2, 0.25) is 0 Å². The number of rotatable bonds is 6. The Balaban J connectivity index is 1.78. The number of aromatic nitrogens is 4. The molecule has 3 rings (SSSR count). The maximum Gasteiger partial charge on any atom is 0.167 e. The zero-order valence-electron chi connectivity index (χ0n) is 13.2. The van der Waals surface area contributed by atoms with E-state index in [1.165, 1.54) is 12.7 Å². The molecule has 8 N–H and O–H groups in total. The first-order chi connectivity index (χ1) is 11.5. The molecule has 0 aliphatic carbocycles. The molecule has 5 atom stereocenters. The molecule has 24 heavy (non-hydrogen) atoms. The second-order valence-corrected chi connectivity index (χ2v) is 6.06. The standard InChI is InChI=1S/C14H23N7O3/c15-3-1-2-7(16)4-8-10(22)11(23)14(24-8)21-6-20-9-12(17)18-5-19-13(9)21/h5-8,10-11,14,22-23H,1-4,15-16H2,(H2,17,18,19). The van der Waals surface area contributed by atoms with Crippen LogP contribution >= 0.6 is 0 Å². The average molecular weight is 337 g/mol. The van der Waals surface area contributed by atoms with E-state index in [2.05, 4.69) is 15.0 Å². The van der Waals surface area contributed by atoms with Gasteiger partial charge in [0.05, 0.1) is 12.4 Å². The lowest BCUT2D eigenvalue weighted by atomic mass is 10.0. The van der Waals surface area contributed by atoms with Crippen LogP contribution in [0.1, 0.15) is 25.5 Å². The second kappa shape index (κ2) is 6.95. The fraction of sp³-hybridized carbons (Fsp3) is 0.643. The second-order valence-electron chi connectivity index (χ2n) is 6.06. The molecular formula is C14H23N7O3. The Bertz CT molecular complexity index is 694. The van der Waals surface area contributed by atoms with Gasteiger partial charge in [-0.15, -0.1) is 0 Å². The minimum Gasteiger partial charge on any atom is -0.388 e. The highest BCUT2D eigenvalue weighted by Crippen LogP contribution is 2.33. The van der Waals surface area contributed by atoms with E-state index in [9.17, 15) is 10.2 Å². The van der Waals surface area contributed by atoms with Gasteiger partial charge in [-0.2, -0.15) is 0 Å². The number of hydrogen-bond donors (Lipinski definition) is 5. The Labute approximate surface area is 138 Å². The highest BCUT2D eigenvalue weighted by molar-refractivity contribution is 5.81. The van der Waals surface area contributed by atoms with Gasteiger partial charge in [0.1, 0.15) is 24.1 Å². The molecule has 0 bridgehead atoms. The molecule has 1 fully saturated rings. The SMILES string of the molecule is NCCCC(N)CC1OC(n2cnc3c(N)ncnc32)C(O)C1O. The van der Waals surface area contributed by atoms with E-state index < -0.39 is 24.5 Å². The van der Waals surface area contributed by atoms with Crippen LogP contribution in [0, 0.1) is 0 Å². The Hall–Kier alpha value is -1.85. The topological polar surface area (TPSA) is 171 Å². The molecule has 0 radical (unpaired) electrons. The summed E-state index contributed by atoms with van der Waals surface area (Å²) in [5.41, 5.74) is 18.1. The van der Waals surface area contributed by atoms with Crippen molar-refractivity contribution in [1.82, 2.24) is 19.5 Å². The van der Waals surface area contributed by atoms with E-state index in [1.807, 2.05) is 0 Å². The summed E-state index contributed by atoms with van der Waals surface area (Å²) in [5, 5.41) is 20.6. The first kappa shape index (κ1) is 17.0. The lowest BCUT2D eigenvalue weighted by Gasteiger charge is -2.19. The normalized spacial score (nSPS) is 28.5. The fourth-order valence-corrected chi connectivity index (χ4v) is 3.01. The zero-order chi connectivity index (χ0) is 17.3. The average Bonchev–Trinajstić information content (AvgIpc) is 3.10. The lowest BCUT2D eigenvalue weighted by Crippen LogP contribution is -2.35. The predicted molar refractivity (Wildman–Crippen MR) is 86.5 cm³/mol.